The third-order valence-corrected chi connectivity index (χ3v) is 7.47. The molecule has 1 aliphatic rings. The summed E-state index contributed by atoms with van der Waals surface area (Å²) in [6, 6.07) is 14.4. The summed E-state index contributed by atoms with van der Waals surface area (Å²) in [4.78, 5) is 0.386. The predicted molar refractivity (Wildman–Crippen MR) is 113 cm³/mol. The van der Waals surface area contributed by atoms with Gasteiger partial charge in [0.15, 0.2) is 9.84 Å². The van der Waals surface area contributed by atoms with Gasteiger partial charge in [0.1, 0.15) is 0 Å². The largest absolute Gasteiger partial charge is 0.224 e. The quantitative estimate of drug-likeness (QED) is 0.669. The maximum atomic E-state index is 11.6. The van der Waals surface area contributed by atoms with Gasteiger partial charge in [-0.25, -0.2) is 8.42 Å². The zero-order chi connectivity index (χ0) is 20.0. The normalized spacial score (nSPS) is 19.3. The second kappa shape index (κ2) is 6.77. The van der Waals surface area contributed by atoms with E-state index in [-0.39, 0.29) is 10.8 Å². The van der Waals surface area contributed by atoms with Gasteiger partial charge in [-0.15, -0.1) is 0 Å². The first-order valence-corrected chi connectivity index (χ1v) is 11.7. The van der Waals surface area contributed by atoms with E-state index >= 15 is 0 Å². The minimum atomic E-state index is -3.13. The van der Waals surface area contributed by atoms with Gasteiger partial charge < -0.3 is 0 Å². The van der Waals surface area contributed by atoms with E-state index < -0.39 is 9.84 Å². The smallest absolute Gasteiger partial charge is 0.175 e. The molecule has 0 fully saturated rings. The van der Waals surface area contributed by atoms with Crippen molar-refractivity contribution in [3.63, 3.8) is 0 Å². The molecule has 0 aromatic heterocycles. The van der Waals surface area contributed by atoms with E-state index in [9.17, 15) is 8.42 Å². The molecule has 0 saturated carbocycles. The molecule has 0 bridgehead atoms. The van der Waals surface area contributed by atoms with Gasteiger partial charge in [0.25, 0.3) is 0 Å². The average molecular weight is 385 g/mol. The molecule has 0 spiro atoms. The van der Waals surface area contributed by atoms with Crippen LogP contribution in [-0.4, -0.2) is 14.7 Å². The summed E-state index contributed by atoms with van der Waals surface area (Å²) in [5.74, 6) is 0.389. The fourth-order valence-electron chi connectivity index (χ4n) is 4.26. The molecule has 146 valence electrons. The van der Waals surface area contributed by atoms with Crippen LogP contribution < -0.4 is 0 Å². The summed E-state index contributed by atoms with van der Waals surface area (Å²) in [5, 5.41) is 0. The van der Waals surface area contributed by atoms with Crippen LogP contribution in [0.2, 0.25) is 0 Å². The predicted octanol–water partition coefficient (Wildman–Crippen LogP) is 5.79. The third-order valence-electron chi connectivity index (χ3n) is 6.34. The summed E-state index contributed by atoms with van der Waals surface area (Å²) in [6.45, 7) is 11.7. The van der Waals surface area contributed by atoms with Crippen LogP contribution in [0.4, 0.5) is 0 Å². The summed E-state index contributed by atoms with van der Waals surface area (Å²) >= 11 is 0. The lowest BCUT2D eigenvalue weighted by atomic mass is 9.62. The standard InChI is InChI=1S/C24H32O2S/c1-17(15-18-7-10-20(11-8-18)27(6,25)26)19-9-12-21-22(16-19)24(4,5)14-13-23(21,2)3/h7-12,16-17H,13-15H2,1-6H3. The Labute approximate surface area is 164 Å². The van der Waals surface area contributed by atoms with Gasteiger partial charge in [-0.05, 0) is 70.4 Å². The van der Waals surface area contributed by atoms with Crippen molar-refractivity contribution in [2.24, 2.45) is 0 Å². The lowest BCUT2D eigenvalue weighted by Gasteiger charge is -2.42. The van der Waals surface area contributed by atoms with Crippen LogP contribution in [0, 0.1) is 0 Å². The molecule has 0 N–H and O–H groups in total. The van der Waals surface area contributed by atoms with E-state index in [1.54, 1.807) is 12.1 Å². The third kappa shape index (κ3) is 4.13. The van der Waals surface area contributed by atoms with Crippen LogP contribution in [0.1, 0.15) is 75.6 Å². The Bertz CT molecular complexity index is 935. The SMILES string of the molecule is CC(Cc1ccc(S(C)(=O)=O)cc1)c1ccc2c(c1)C(C)(C)CCC2(C)C. The number of benzene rings is 2. The van der Waals surface area contributed by atoms with E-state index in [0.29, 0.717) is 10.8 Å². The first-order chi connectivity index (χ1) is 12.4. The van der Waals surface area contributed by atoms with Gasteiger partial charge in [0.2, 0.25) is 0 Å². The van der Waals surface area contributed by atoms with Crippen LogP contribution in [-0.2, 0) is 27.1 Å². The van der Waals surface area contributed by atoms with Crippen molar-refractivity contribution in [2.45, 2.75) is 75.5 Å². The fraction of sp³-hybridized carbons (Fsp3) is 0.500. The lowest BCUT2D eigenvalue weighted by Crippen LogP contribution is -2.34. The van der Waals surface area contributed by atoms with Gasteiger partial charge in [-0.1, -0.05) is 65.0 Å². The fourth-order valence-corrected chi connectivity index (χ4v) is 4.89. The van der Waals surface area contributed by atoms with Crippen molar-refractivity contribution < 1.29 is 8.42 Å². The minimum Gasteiger partial charge on any atom is -0.224 e. The van der Waals surface area contributed by atoms with Crippen LogP contribution in [0.25, 0.3) is 0 Å². The Kier molecular flexibility index (Phi) is 5.05. The van der Waals surface area contributed by atoms with Crippen LogP contribution in [0.5, 0.6) is 0 Å². The van der Waals surface area contributed by atoms with Gasteiger partial charge >= 0.3 is 0 Å². The molecule has 2 nitrogen and oxygen atoms in total. The highest BCUT2D eigenvalue weighted by molar-refractivity contribution is 7.90. The molecule has 1 unspecified atom stereocenters. The number of hydrogen-bond donors (Lipinski definition) is 0. The van der Waals surface area contributed by atoms with Gasteiger partial charge in [-0.3, -0.25) is 0 Å². The molecule has 1 aliphatic carbocycles. The van der Waals surface area contributed by atoms with Gasteiger partial charge in [0.05, 0.1) is 4.90 Å². The highest BCUT2D eigenvalue weighted by atomic mass is 32.2. The minimum absolute atomic E-state index is 0.220. The molecule has 3 rings (SSSR count). The van der Waals surface area contributed by atoms with E-state index in [1.165, 1.54) is 41.4 Å². The lowest BCUT2D eigenvalue weighted by molar-refractivity contribution is 0.331. The van der Waals surface area contributed by atoms with Crippen molar-refractivity contribution in [3.8, 4) is 0 Å². The van der Waals surface area contributed by atoms with E-state index in [2.05, 4.69) is 52.8 Å². The maximum Gasteiger partial charge on any atom is 0.175 e. The van der Waals surface area contributed by atoms with Crippen LogP contribution in [0.3, 0.4) is 0 Å². The highest BCUT2D eigenvalue weighted by Crippen LogP contribution is 2.46. The molecule has 1 atom stereocenters. The molecule has 0 radical (unpaired) electrons. The van der Waals surface area contributed by atoms with Crippen molar-refractivity contribution in [1.82, 2.24) is 0 Å². The monoisotopic (exact) mass is 384 g/mol. The van der Waals surface area contributed by atoms with Crippen molar-refractivity contribution in [1.29, 1.82) is 0 Å². The molecule has 2 aromatic rings. The Morgan fingerprint density at radius 2 is 1.44 bits per heavy atom. The second-order valence-corrected chi connectivity index (χ2v) is 11.6. The van der Waals surface area contributed by atoms with E-state index in [0.717, 1.165) is 6.42 Å². The van der Waals surface area contributed by atoms with Gasteiger partial charge in [0, 0.05) is 6.26 Å². The topological polar surface area (TPSA) is 34.1 Å². The average Bonchev–Trinajstić information content (AvgIpc) is 2.58. The molecule has 0 amide bonds. The number of hydrogen-bond acceptors (Lipinski definition) is 2. The highest BCUT2D eigenvalue weighted by Gasteiger charge is 2.37. The molecule has 0 saturated heterocycles. The Balaban J connectivity index is 1.87. The number of rotatable bonds is 4. The van der Waals surface area contributed by atoms with Crippen LogP contribution in [0.15, 0.2) is 47.4 Å². The van der Waals surface area contributed by atoms with Crippen LogP contribution >= 0.6 is 0 Å². The van der Waals surface area contributed by atoms with Gasteiger partial charge in [-0.2, -0.15) is 0 Å². The van der Waals surface area contributed by atoms with Crippen molar-refractivity contribution >= 4 is 9.84 Å². The number of fused-ring (bicyclic) bond motifs is 1. The van der Waals surface area contributed by atoms with Crippen molar-refractivity contribution in [3.05, 3.63) is 64.7 Å². The first-order valence-electron chi connectivity index (χ1n) is 9.84. The molecular weight excluding hydrogens is 352 g/mol. The molecule has 0 aliphatic heterocycles. The Morgan fingerprint density at radius 3 is 2.00 bits per heavy atom. The summed E-state index contributed by atoms with van der Waals surface area (Å²) < 4.78 is 23.3. The van der Waals surface area contributed by atoms with Crippen molar-refractivity contribution in [2.75, 3.05) is 6.26 Å². The summed E-state index contributed by atoms with van der Waals surface area (Å²) in [5.41, 5.74) is 5.99. The second-order valence-electron chi connectivity index (χ2n) is 9.59. The maximum absolute atomic E-state index is 11.6. The molecule has 2 aromatic carbocycles. The summed E-state index contributed by atoms with van der Waals surface area (Å²) in [6.07, 6.45) is 4.61. The zero-order valence-electron chi connectivity index (χ0n) is 17.5. The number of sulfone groups is 1. The molecule has 27 heavy (non-hydrogen) atoms. The zero-order valence-corrected chi connectivity index (χ0v) is 18.3. The molecule has 3 heteroatoms. The van der Waals surface area contributed by atoms with E-state index in [1.807, 2.05) is 12.1 Å². The molecule has 0 heterocycles. The Morgan fingerprint density at radius 1 is 0.889 bits per heavy atom. The summed E-state index contributed by atoms with van der Waals surface area (Å²) in [7, 11) is -3.13. The first kappa shape index (κ1) is 20.1. The molecular formula is C24H32O2S. The van der Waals surface area contributed by atoms with E-state index in [4.69, 9.17) is 0 Å². The Hall–Kier alpha value is -1.61.